The number of likely N-dealkylation sites (tertiary alicyclic amines) is 1. The molecule has 3 rings (SSSR count). The summed E-state index contributed by atoms with van der Waals surface area (Å²) < 4.78 is 6.32. The summed E-state index contributed by atoms with van der Waals surface area (Å²) in [6.45, 7) is 5.34. The van der Waals surface area contributed by atoms with Crippen molar-refractivity contribution in [3.63, 3.8) is 0 Å². The molecule has 0 bridgehead atoms. The fourth-order valence-corrected chi connectivity index (χ4v) is 5.18. The van der Waals surface area contributed by atoms with E-state index >= 15 is 0 Å². The number of aliphatic hydroxyl groups excluding tert-OH is 2. The van der Waals surface area contributed by atoms with Crippen LogP contribution in [-0.4, -0.2) is 65.6 Å². The minimum Gasteiger partial charge on any atom is -0.400 e. The lowest BCUT2D eigenvalue weighted by molar-refractivity contribution is -0.0961. The number of aliphatic hydroxyl groups is 2. The Morgan fingerprint density at radius 2 is 2.22 bits per heavy atom. The monoisotopic (exact) mass is 396 g/mol. The largest absolute Gasteiger partial charge is 0.400 e. The Hall–Kier alpha value is -1.16. The van der Waals surface area contributed by atoms with Crippen molar-refractivity contribution in [3.8, 4) is 0 Å². The first-order valence-corrected chi connectivity index (χ1v) is 10.5. The molecule has 0 aliphatic carbocycles. The van der Waals surface area contributed by atoms with E-state index in [9.17, 15) is 5.11 Å². The number of ether oxygens (including phenoxy) is 1. The third kappa shape index (κ3) is 4.82. The Labute approximate surface area is 165 Å². The highest BCUT2D eigenvalue weighted by Gasteiger charge is 2.41. The zero-order valence-corrected chi connectivity index (χ0v) is 16.9. The van der Waals surface area contributed by atoms with Gasteiger partial charge in [0.15, 0.2) is 0 Å². The number of aryl methyl sites for hydroxylation is 1. The maximum absolute atomic E-state index is 9.44. The van der Waals surface area contributed by atoms with Crippen LogP contribution >= 0.6 is 11.3 Å². The summed E-state index contributed by atoms with van der Waals surface area (Å²) in [5.41, 5.74) is 8.05. The molecular formula is C19H32N4O3S. The summed E-state index contributed by atoms with van der Waals surface area (Å²) in [5.74, 6) is 5.81. The fraction of sp³-hybridized carbons (Fsp3) is 0.684. The average molecular weight is 397 g/mol. The number of hydrogen-bond acceptors (Lipinski definition) is 8. The van der Waals surface area contributed by atoms with Crippen molar-refractivity contribution < 1.29 is 14.9 Å². The van der Waals surface area contributed by atoms with Crippen molar-refractivity contribution in [2.45, 2.75) is 44.3 Å². The van der Waals surface area contributed by atoms with Crippen molar-refractivity contribution >= 4 is 11.3 Å². The van der Waals surface area contributed by atoms with Crippen molar-refractivity contribution in [2.75, 3.05) is 39.4 Å². The van der Waals surface area contributed by atoms with E-state index in [2.05, 4.69) is 17.9 Å². The van der Waals surface area contributed by atoms with Crippen LogP contribution in [0.5, 0.6) is 0 Å². The highest BCUT2D eigenvalue weighted by Crippen LogP contribution is 2.44. The van der Waals surface area contributed by atoms with Crippen molar-refractivity contribution in [2.24, 2.45) is 11.6 Å². The van der Waals surface area contributed by atoms with Gasteiger partial charge in [0.05, 0.1) is 31.5 Å². The number of hydrogen-bond donors (Lipinski definition) is 4. The molecule has 8 heteroatoms. The van der Waals surface area contributed by atoms with Crippen LogP contribution in [0.15, 0.2) is 18.0 Å². The fourth-order valence-electron chi connectivity index (χ4n) is 4.00. The van der Waals surface area contributed by atoms with Gasteiger partial charge >= 0.3 is 0 Å². The lowest BCUT2D eigenvalue weighted by Gasteiger charge is -2.44. The zero-order chi connectivity index (χ0) is 19.4. The molecule has 1 spiro atoms. The average Bonchev–Trinajstić information content (AvgIpc) is 3.08. The van der Waals surface area contributed by atoms with Crippen molar-refractivity contribution in [1.29, 1.82) is 0 Å². The van der Waals surface area contributed by atoms with Crippen LogP contribution in [0.4, 0.5) is 0 Å². The number of hydrazine groups is 1. The molecule has 2 aliphatic rings. The Kier molecular flexibility index (Phi) is 6.78. The maximum atomic E-state index is 9.44. The van der Waals surface area contributed by atoms with E-state index in [-0.39, 0.29) is 18.8 Å². The van der Waals surface area contributed by atoms with Crippen molar-refractivity contribution in [3.05, 3.63) is 33.3 Å². The number of nitrogens with two attached hydrogens (primary N) is 2. The number of fused-ring (bicyclic) bond motifs is 2. The number of rotatable bonds is 7. The normalized spacial score (nSPS) is 21.3. The van der Waals surface area contributed by atoms with Gasteiger partial charge in [-0.05, 0) is 30.9 Å². The minimum absolute atomic E-state index is 0.127. The van der Waals surface area contributed by atoms with Gasteiger partial charge in [-0.1, -0.05) is 6.92 Å². The van der Waals surface area contributed by atoms with E-state index in [1.807, 2.05) is 11.3 Å². The molecule has 1 aromatic rings. The molecule has 152 valence electrons. The summed E-state index contributed by atoms with van der Waals surface area (Å²) >= 11 is 1.95. The van der Waals surface area contributed by atoms with Crippen LogP contribution in [0.2, 0.25) is 0 Å². The molecule has 3 heterocycles. The molecule has 0 radical (unpaired) electrons. The predicted molar refractivity (Wildman–Crippen MR) is 107 cm³/mol. The third-order valence-corrected chi connectivity index (χ3v) is 6.78. The van der Waals surface area contributed by atoms with Gasteiger partial charge in [-0.2, -0.15) is 0 Å². The zero-order valence-electron chi connectivity index (χ0n) is 16.1. The van der Waals surface area contributed by atoms with Gasteiger partial charge in [0.25, 0.3) is 0 Å². The van der Waals surface area contributed by atoms with Gasteiger partial charge in [-0.25, -0.2) is 5.84 Å². The van der Waals surface area contributed by atoms with E-state index in [1.165, 1.54) is 20.3 Å². The molecule has 27 heavy (non-hydrogen) atoms. The van der Waals surface area contributed by atoms with E-state index in [1.54, 1.807) is 6.20 Å². The van der Waals surface area contributed by atoms with E-state index < -0.39 is 6.10 Å². The molecule has 1 aromatic heterocycles. The van der Waals surface area contributed by atoms with E-state index in [4.69, 9.17) is 21.4 Å². The van der Waals surface area contributed by atoms with Crippen LogP contribution in [0.1, 0.15) is 35.1 Å². The first kappa shape index (κ1) is 20.6. The van der Waals surface area contributed by atoms with Crippen LogP contribution in [0.3, 0.4) is 0 Å². The molecule has 1 unspecified atom stereocenters. The Morgan fingerprint density at radius 1 is 1.48 bits per heavy atom. The molecule has 6 N–H and O–H groups in total. The molecule has 1 fully saturated rings. The van der Waals surface area contributed by atoms with Gasteiger partial charge in [0.1, 0.15) is 0 Å². The highest BCUT2D eigenvalue weighted by molar-refractivity contribution is 7.12. The number of nitrogens with zero attached hydrogens (tertiary/aromatic N) is 2. The predicted octanol–water partition coefficient (Wildman–Crippen LogP) is 0.503. The van der Waals surface area contributed by atoms with Gasteiger partial charge < -0.3 is 25.7 Å². The third-order valence-electron chi connectivity index (χ3n) is 5.44. The second-order valence-electron chi connectivity index (χ2n) is 7.51. The summed E-state index contributed by atoms with van der Waals surface area (Å²) in [7, 11) is 0. The van der Waals surface area contributed by atoms with Crippen LogP contribution < -0.4 is 11.6 Å². The van der Waals surface area contributed by atoms with Crippen molar-refractivity contribution in [1.82, 2.24) is 9.91 Å². The smallest absolute Gasteiger partial charge is 0.0966 e. The summed E-state index contributed by atoms with van der Waals surface area (Å²) in [6.07, 6.45) is 4.83. The molecule has 1 saturated heterocycles. The summed E-state index contributed by atoms with van der Waals surface area (Å²) in [4.78, 5) is 5.28. The van der Waals surface area contributed by atoms with Crippen LogP contribution in [0, 0.1) is 0 Å². The molecule has 0 aromatic carbocycles. The molecule has 7 nitrogen and oxygen atoms in total. The first-order valence-electron chi connectivity index (χ1n) is 9.70. The van der Waals surface area contributed by atoms with Gasteiger partial charge in [-0.3, -0.25) is 4.90 Å². The molecular weight excluding hydrogens is 364 g/mol. The minimum atomic E-state index is -0.870. The maximum Gasteiger partial charge on any atom is 0.0966 e. The number of thiophene rings is 1. The Bertz CT molecular complexity index is 655. The molecule has 0 saturated carbocycles. The SMILES string of the molecule is CCc1cc2c(s1)CCOC21CCN(C/C(N)=C/N(N)CC(O)CO)CC1. The molecule has 0 amide bonds. The standard InChI is InChI=1S/C19H32N4O3S/c1-2-16-9-17-18(27-16)3-8-26-19(17)4-6-22(7-5-19)10-14(20)11-23(21)12-15(25)13-24/h9,11,15,24-25H,2-8,10,12-13,20-21H2,1H3/b14-11-. The summed E-state index contributed by atoms with van der Waals surface area (Å²) in [5, 5.41) is 19.7. The highest BCUT2D eigenvalue weighted by atomic mass is 32.1. The topological polar surface area (TPSA) is 108 Å². The number of piperidine rings is 1. The second kappa shape index (κ2) is 8.89. The van der Waals surface area contributed by atoms with E-state index in [0.29, 0.717) is 12.2 Å². The Morgan fingerprint density at radius 3 is 2.89 bits per heavy atom. The van der Waals surface area contributed by atoms with Crippen LogP contribution in [-0.2, 0) is 23.2 Å². The summed E-state index contributed by atoms with van der Waals surface area (Å²) in [6, 6.07) is 2.36. The molecule has 2 aliphatic heterocycles. The van der Waals surface area contributed by atoms with E-state index in [0.717, 1.165) is 45.4 Å². The van der Waals surface area contributed by atoms with Gasteiger partial charge in [0.2, 0.25) is 0 Å². The molecule has 1 atom stereocenters. The van der Waals surface area contributed by atoms with Gasteiger partial charge in [0, 0.05) is 47.7 Å². The quantitative estimate of drug-likeness (QED) is 0.393. The van der Waals surface area contributed by atoms with Gasteiger partial charge in [-0.15, -0.1) is 11.3 Å². The first-order chi connectivity index (χ1) is 13.0. The lowest BCUT2D eigenvalue weighted by Crippen LogP contribution is -2.47. The second-order valence-corrected chi connectivity index (χ2v) is 8.73. The lowest BCUT2D eigenvalue weighted by atomic mass is 9.82. The van der Waals surface area contributed by atoms with Crippen LogP contribution in [0.25, 0.3) is 0 Å². The Balaban J connectivity index is 1.57.